The van der Waals surface area contributed by atoms with E-state index in [4.69, 9.17) is 10.5 Å². The van der Waals surface area contributed by atoms with E-state index in [0.717, 1.165) is 11.1 Å². The number of carbonyl (C=O) groups excluding carboxylic acids is 2. The van der Waals surface area contributed by atoms with Gasteiger partial charge in [-0.3, -0.25) is 14.6 Å². The van der Waals surface area contributed by atoms with E-state index < -0.39 is 11.7 Å². The van der Waals surface area contributed by atoms with Crippen molar-refractivity contribution in [1.82, 2.24) is 9.97 Å². The van der Waals surface area contributed by atoms with Gasteiger partial charge in [-0.2, -0.15) is 0 Å². The first-order valence-electron chi connectivity index (χ1n) is 10.1. The van der Waals surface area contributed by atoms with Crippen LogP contribution in [0, 0.1) is 12.7 Å². The van der Waals surface area contributed by atoms with E-state index in [0.29, 0.717) is 28.5 Å². The first kappa shape index (κ1) is 21.8. The van der Waals surface area contributed by atoms with E-state index in [1.165, 1.54) is 12.3 Å². The van der Waals surface area contributed by atoms with Gasteiger partial charge < -0.3 is 20.8 Å². The van der Waals surface area contributed by atoms with Crippen molar-refractivity contribution >= 4 is 17.5 Å². The second kappa shape index (κ2) is 9.35. The van der Waals surface area contributed by atoms with E-state index in [-0.39, 0.29) is 18.0 Å². The number of halogens is 1. The van der Waals surface area contributed by atoms with Crippen LogP contribution in [-0.4, -0.2) is 21.8 Å². The third kappa shape index (κ3) is 5.43. The third-order valence-electron chi connectivity index (χ3n) is 4.89. The summed E-state index contributed by atoms with van der Waals surface area (Å²) < 4.78 is 19.7. The van der Waals surface area contributed by atoms with Crippen molar-refractivity contribution in [2.75, 3.05) is 5.32 Å². The molecule has 2 aromatic heterocycles. The van der Waals surface area contributed by atoms with Crippen LogP contribution < -0.4 is 15.8 Å². The van der Waals surface area contributed by atoms with Crippen LogP contribution >= 0.6 is 0 Å². The topological polar surface area (TPSA) is 110 Å². The summed E-state index contributed by atoms with van der Waals surface area (Å²) in [5.74, 6) is -0.184. The number of pyridine rings is 1. The molecule has 0 saturated heterocycles. The molecule has 4 aromatic rings. The van der Waals surface area contributed by atoms with Gasteiger partial charge >= 0.3 is 0 Å². The zero-order valence-corrected chi connectivity index (χ0v) is 17.8. The van der Waals surface area contributed by atoms with Crippen molar-refractivity contribution in [2.24, 2.45) is 5.73 Å². The van der Waals surface area contributed by atoms with Gasteiger partial charge in [0.25, 0.3) is 0 Å². The molecule has 0 spiro atoms. The first-order valence-corrected chi connectivity index (χ1v) is 10.1. The average molecular weight is 444 g/mol. The number of carbonyl (C=O) groups is 2. The van der Waals surface area contributed by atoms with Crippen LogP contribution in [-0.2, 0) is 11.2 Å². The van der Waals surface area contributed by atoms with Crippen LogP contribution in [0.1, 0.15) is 21.5 Å². The monoisotopic (exact) mass is 444 g/mol. The van der Waals surface area contributed by atoms with Gasteiger partial charge in [0.2, 0.25) is 11.8 Å². The second-order valence-corrected chi connectivity index (χ2v) is 7.50. The number of primary amides is 1. The fourth-order valence-electron chi connectivity index (χ4n) is 3.23. The Morgan fingerprint density at radius 3 is 2.58 bits per heavy atom. The number of amides is 2. The van der Waals surface area contributed by atoms with Crippen molar-refractivity contribution in [2.45, 2.75) is 13.3 Å². The highest BCUT2D eigenvalue weighted by Gasteiger charge is 2.10. The van der Waals surface area contributed by atoms with Gasteiger partial charge in [0.15, 0.2) is 0 Å². The molecule has 0 fully saturated rings. The Morgan fingerprint density at radius 2 is 1.85 bits per heavy atom. The maximum Gasteiger partial charge on any atom is 0.250 e. The lowest BCUT2D eigenvalue weighted by Crippen LogP contribution is -2.15. The van der Waals surface area contributed by atoms with Gasteiger partial charge in [0.05, 0.1) is 29.1 Å². The van der Waals surface area contributed by atoms with Crippen LogP contribution in [0.25, 0.3) is 11.4 Å². The van der Waals surface area contributed by atoms with Gasteiger partial charge in [-0.25, -0.2) is 4.39 Å². The molecule has 8 heteroatoms. The summed E-state index contributed by atoms with van der Waals surface area (Å²) in [6.07, 6.45) is 3.22. The third-order valence-corrected chi connectivity index (χ3v) is 4.89. The maximum absolute atomic E-state index is 13.8. The summed E-state index contributed by atoms with van der Waals surface area (Å²) in [7, 11) is 0. The molecular weight excluding hydrogens is 423 g/mol. The lowest BCUT2D eigenvalue weighted by molar-refractivity contribution is -0.115. The summed E-state index contributed by atoms with van der Waals surface area (Å²) in [5, 5.41) is 2.60. The van der Waals surface area contributed by atoms with Gasteiger partial charge in [0.1, 0.15) is 17.3 Å². The fraction of sp³-hybridized carbons (Fsp3) is 0.0800. The zero-order valence-electron chi connectivity index (χ0n) is 17.8. The molecule has 2 amide bonds. The Kier molecular flexibility index (Phi) is 6.17. The minimum Gasteiger partial charge on any atom is -0.457 e. The number of rotatable bonds is 7. The molecule has 4 N–H and O–H groups in total. The number of H-pyrrole nitrogens is 1. The molecule has 0 aliphatic carbocycles. The minimum atomic E-state index is -0.525. The lowest BCUT2D eigenvalue weighted by Gasteiger charge is -2.09. The Morgan fingerprint density at radius 1 is 1.06 bits per heavy atom. The highest BCUT2D eigenvalue weighted by molar-refractivity contribution is 5.94. The van der Waals surface area contributed by atoms with Crippen LogP contribution in [0.5, 0.6) is 11.5 Å². The maximum atomic E-state index is 13.8. The molecule has 0 unspecified atom stereocenters. The van der Waals surface area contributed by atoms with E-state index in [1.54, 1.807) is 60.8 Å². The highest BCUT2D eigenvalue weighted by Crippen LogP contribution is 2.26. The van der Waals surface area contributed by atoms with Gasteiger partial charge in [0, 0.05) is 18.5 Å². The predicted octanol–water partition coefficient (Wildman–Crippen LogP) is 4.60. The number of aromatic amines is 1. The van der Waals surface area contributed by atoms with Crippen LogP contribution in [0.4, 0.5) is 10.1 Å². The van der Waals surface area contributed by atoms with Crippen molar-refractivity contribution in [3.05, 3.63) is 95.6 Å². The number of ether oxygens (including phenoxy) is 1. The summed E-state index contributed by atoms with van der Waals surface area (Å²) in [5.41, 5.74) is 8.66. The molecule has 0 aliphatic heterocycles. The largest absolute Gasteiger partial charge is 0.457 e. The molecule has 2 aromatic carbocycles. The van der Waals surface area contributed by atoms with E-state index >= 15 is 0 Å². The summed E-state index contributed by atoms with van der Waals surface area (Å²) in [6.45, 7) is 1.83. The standard InChI is InChI=1S/C25H21FN4O3/c1-15-2-7-20(26)21(10-15)30-24(31)11-16-3-5-18(6-4-16)33-19-8-9-28-23(13-19)22-12-17(14-29-22)25(27)32/h2-10,12-14,29H,11H2,1H3,(H2,27,32)(H,30,31). The predicted molar refractivity (Wildman–Crippen MR) is 123 cm³/mol. The number of nitrogens with one attached hydrogen (secondary N) is 2. The number of benzene rings is 2. The fourth-order valence-corrected chi connectivity index (χ4v) is 3.23. The van der Waals surface area contributed by atoms with Crippen molar-refractivity contribution in [1.29, 1.82) is 0 Å². The Balaban J connectivity index is 1.40. The number of aryl methyl sites for hydroxylation is 1. The van der Waals surface area contributed by atoms with Crippen LogP contribution in [0.2, 0.25) is 0 Å². The molecule has 0 saturated carbocycles. The van der Waals surface area contributed by atoms with Crippen molar-refractivity contribution < 1.29 is 18.7 Å². The molecule has 2 heterocycles. The molecule has 4 rings (SSSR count). The molecule has 0 bridgehead atoms. The molecule has 7 nitrogen and oxygen atoms in total. The van der Waals surface area contributed by atoms with Crippen molar-refractivity contribution in [3.8, 4) is 22.9 Å². The zero-order chi connectivity index (χ0) is 23.4. The van der Waals surface area contributed by atoms with Crippen molar-refractivity contribution in [3.63, 3.8) is 0 Å². The number of aromatic nitrogens is 2. The quantitative estimate of drug-likeness (QED) is 0.387. The molecule has 0 radical (unpaired) electrons. The second-order valence-electron chi connectivity index (χ2n) is 7.50. The highest BCUT2D eigenvalue weighted by atomic mass is 19.1. The SMILES string of the molecule is Cc1ccc(F)c(NC(=O)Cc2ccc(Oc3ccnc(-c4cc(C(N)=O)c[nH]4)c3)cc2)c1. The van der Waals surface area contributed by atoms with E-state index in [1.807, 2.05) is 6.92 Å². The van der Waals surface area contributed by atoms with Gasteiger partial charge in [-0.05, 0) is 54.4 Å². The first-order chi connectivity index (χ1) is 15.9. The molecule has 0 atom stereocenters. The number of hydrogen-bond donors (Lipinski definition) is 3. The summed E-state index contributed by atoms with van der Waals surface area (Å²) >= 11 is 0. The van der Waals surface area contributed by atoms with E-state index in [9.17, 15) is 14.0 Å². The van der Waals surface area contributed by atoms with Gasteiger partial charge in [-0.15, -0.1) is 0 Å². The molecule has 0 aliphatic rings. The Bertz CT molecular complexity index is 1320. The molecule has 33 heavy (non-hydrogen) atoms. The minimum absolute atomic E-state index is 0.0993. The summed E-state index contributed by atoms with van der Waals surface area (Å²) in [4.78, 5) is 30.8. The smallest absolute Gasteiger partial charge is 0.250 e. The van der Waals surface area contributed by atoms with Crippen LogP contribution in [0.15, 0.2) is 73.1 Å². The molecule has 166 valence electrons. The lowest BCUT2D eigenvalue weighted by atomic mass is 10.1. The number of hydrogen-bond acceptors (Lipinski definition) is 4. The van der Waals surface area contributed by atoms with E-state index in [2.05, 4.69) is 15.3 Å². The van der Waals surface area contributed by atoms with Crippen LogP contribution in [0.3, 0.4) is 0 Å². The summed E-state index contributed by atoms with van der Waals surface area (Å²) in [6, 6.07) is 16.7. The Hall–Kier alpha value is -4.46. The number of nitrogens with zero attached hydrogens (tertiary/aromatic N) is 1. The number of anilines is 1. The normalized spacial score (nSPS) is 10.6. The van der Waals surface area contributed by atoms with Gasteiger partial charge in [-0.1, -0.05) is 18.2 Å². The molecular formula is C25H21FN4O3. The average Bonchev–Trinajstić information content (AvgIpc) is 3.29. The number of nitrogens with two attached hydrogens (primary N) is 1. The Labute approximate surface area is 189 Å².